The highest BCUT2D eigenvalue weighted by Gasteiger charge is 2.16. The summed E-state index contributed by atoms with van der Waals surface area (Å²) in [4.78, 5) is 23.5. The van der Waals surface area contributed by atoms with Crippen molar-refractivity contribution < 1.29 is 9.90 Å². The van der Waals surface area contributed by atoms with Crippen LogP contribution in [0.1, 0.15) is 48.9 Å². The number of hydrogen-bond acceptors (Lipinski definition) is 2. The minimum Gasteiger partial charge on any atom is -0.477 e. The molecule has 1 aliphatic carbocycles. The molecule has 2 aromatic rings. The molecule has 0 saturated heterocycles. The molecular weight excluding hydrogens is 278 g/mol. The number of aryl methyl sites for hydroxylation is 1. The van der Waals surface area contributed by atoms with E-state index in [0.717, 1.165) is 24.4 Å². The number of nitrogens with zero attached hydrogens (tertiary/aromatic N) is 1. The van der Waals surface area contributed by atoms with Crippen LogP contribution in [0.2, 0.25) is 0 Å². The standard InChI is InChI=1S/C18H21NO3/c20-17-14-8-4-5-9-16(14)19(12-15(17)18(21)22)11-10-13-6-2-1-3-7-13/h4-5,8-9,12-13H,1-3,6-7,10-11H2,(H,21,22). The maximum absolute atomic E-state index is 12.2. The molecule has 0 bridgehead atoms. The van der Waals surface area contributed by atoms with E-state index in [-0.39, 0.29) is 5.56 Å². The summed E-state index contributed by atoms with van der Waals surface area (Å²) in [6.45, 7) is 0.770. The van der Waals surface area contributed by atoms with Gasteiger partial charge in [0.15, 0.2) is 0 Å². The van der Waals surface area contributed by atoms with Crippen LogP contribution in [0.4, 0.5) is 0 Å². The smallest absolute Gasteiger partial charge is 0.341 e. The van der Waals surface area contributed by atoms with Crippen LogP contribution in [0, 0.1) is 5.92 Å². The third kappa shape index (κ3) is 2.91. The van der Waals surface area contributed by atoms with Crippen molar-refractivity contribution in [1.82, 2.24) is 4.57 Å². The summed E-state index contributed by atoms with van der Waals surface area (Å²) >= 11 is 0. The Balaban J connectivity index is 1.95. The Labute approximate surface area is 129 Å². The first-order chi connectivity index (χ1) is 10.7. The van der Waals surface area contributed by atoms with Crippen molar-refractivity contribution in [2.45, 2.75) is 45.1 Å². The van der Waals surface area contributed by atoms with Crippen LogP contribution in [-0.2, 0) is 6.54 Å². The molecule has 3 rings (SSSR count). The number of para-hydroxylation sites is 1. The normalized spacial score (nSPS) is 16.0. The van der Waals surface area contributed by atoms with Crippen molar-refractivity contribution in [3.05, 3.63) is 46.2 Å². The second-order valence-electron chi connectivity index (χ2n) is 6.18. The highest BCUT2D eigenvalue weighted by molar-refractivity contribution is 5.92. The highest BCUT2D eigenvalue weighted by atomic mass is 16.4. The fourth-order valence-electron chi connectivity index (χ4n) is 3.48. The van der Waals surface area contributed by atoms with Crippen LogP contribution in [-0.4, -0.2) is 15.6 Å². The molecule has 0 atom stereocenters. The fourth-order valence-corrected chi connectivity index (χ4v) is 3.48. The van der Waals surface area contributed by atoms with E-state index in [1.54, 1.807) is 12.1 Å². The van der Waals surface area contributed by atoms with Crippen molar-refractivity contribution >= 4 is 16.9 Å². The van der Waals surface area contributed by atoms with E-state index in [4.69, 9.17) is 0 Å². The molecule has 0 radical (unpaired) electrons. The van der Waals surface area contributed by atoms with Crippen molar-refractivity contribution in [2.24, 2.45) is 5.92 Å². The van der Waals surface area contributed by atoms with Gasteiger partial charge in [-0.15, -0.1) is 0 Å². The first kappa shape index (κ1) is 14.8. The molecule has 1 aliphatic rings. The molecule has 1 aromatic heterocycles. The molecule has 4 nitrogen and oxygen atoms in total. The molecule has 1 N–H and O–H groups in total. The Bertz CT molecular complexity index is 742. The second-order valence-corrected chi connectivity index (χ2v) is 6.18. The van der Waals surface area contributed by atoms with Crippen LogP contribution in [0.25, 0.3) is 10.9 Å². The summed E-state index contributed by atoms with van der Waals surface area (Å²) in [6, 6.07) is 7.27. The molecule has 0 unspecified atom stereocenters. The molecule has 1 heterocycles. The number of aromatic carboxylic acids is 1. The van der Waals surface area contributed by atoms with Crippen LogP contribution in [0.3, 0.4) is 0 Å². The van der Waals surface area contributed by atoms with E-state index in [2.05, 4.69) is 0 Å². The molecule has 1 fully saturated rings. The molecule has 1 saturated carbocycles. The number of fused-ring (bicyclic) bond motifs is 1. The van der Waals surface area contributed by atoms with Gasteiger partial charge in [0, 0.05) is 18.1 Å². The zero-order valence-electron chi connectivity index (χ0n) is 12.6. The minimum atomic E-state index is -1.15. The average Bonchev–Trinajstić information content (AvgIpc) is 2.55. The Kier molecular flexibility index (Phi) is 4.27. The first-order valence-corrected chi connectivity index (χ1v) is 8.02. The van der Waals surface area contributed by atoms with E-state index < -0.39 is 11.4 Å². The van der Waals surface area contributed by atoms with Crippen LogP contribution in [0.5, 0.6) is 0 Å². The average molecular weight is 299 g/mol. The van der Waals surface area contributed by atoms with E-state index in [9.17, 15) is 14.7 Å². The van der Waals surface area contributed by atoms with Gasteiger partial charge in [0.05, 0.1) is 5.52 Å². The monoisotopic (exact) mass is 299 g/mol. The Hall–Kier alpha value is -2.10. The van der Waals surface area contributed by atoms with Crippen LogP contribution >= 0.6 is 0 Å². The third-order valence-corrected chi connectivity index (χ3v) is 4.72. The number of benzene rings is 1. The van der Waals surface area contributed by atoms with Crippen molar-refractivity contribution in [3.8, 4) is 0 Å². The van der Waals surface area contributed by atoms with Crippen LogP contribution in [0.15, 0.2) is 35.3 Å². The number of pyridine rings is 1. The third-order valence-electron chi connectivity index (χ3n) is 4.72. The maximum Gasteiger partial charge on any atom is 0.341 e. The van der Waals surface area contributed by atoms with Gasteiger partial charge in [-0.25, -0.2) is 4.79 Å². The minimum absolute atomic E-state index is 0.137. The molecule has 4 heteroatoms. The number of aromatic nitrogens is 1. The van der Waals surface area contributed by atoms with Gasteiger partial charge in [0.2, 0.25) is 5.43 Å². The maximum atomic E-state index is 12.2. The molecule has 22 heavy (non-hydrogen) atoms. The largest absolute Gasteiger partial charge is 0.477 e. The summed E-state index contributed by atoms with van der Waals surface area (Å²) in [7, 11) is 0. The summed E-state index contributed by atoms with van der Waals surface area (Å²) < 4.78 is 1.94. The summed E-state index contributed by atoms with van der Waals surface area (Å²) in [5.74, 6) is -0.428. The zero-order chi connectivity index (χ0) is 15.5. The molecular formula is C18H21NO3. The lowest BCUT2D eigenvalue weighted by Crippen LogP contribution is -2.19. The topological polar surface area (TPSA) is 59.3 Å². The fraction of sp³-hybridized carbons (Fsp3) is 0.444. The predicted octanol–water partition coefficient (Wildman–Crippen LogP) is 3.67. The van der Waals surface area contributed by atoms with Gasteiger partial charge < -0.3 is 9.67 Å². The van der Waals surface area contributed by atoms with E-state index in [1.165, 1.54) is 38.3 Å². The number of rotatable bonds is 4. The highest BCUT2D eigenvalue weighted by Crippen LogP contribution is 2.27. The van der Waals surface area contributed by atoms with Crippen LogP contribution < -0.4 is 5.43 Å². The van der Waals surface area contributed by atoms with Gasteiger partial charge in [0.25, 0.3) is 0 Å². The number of carboxylic acid groups (broad SMARTS) is 1. The Morgan fingerprint density at radius 1 is 1.18 bits per heavy atom. The SMILES string of the molecule is O=C(O)c1cn(CCC2CCCCC2)c2ccccc2c1=O. The van der Waals surface area contributed by atoms with Crippen molar-refractivity contribution in [2.75, 3.05) is 0 Å². The van der Waals surface area contributed by atoms with E-state index in [1.807, 2.05) is 16.7 Å². The van der Waals surface area contributed by atoms with Crippen molar-refractivity contribution in [1.29, 1.82) is 0 Å². The summed E-state index contributed by atoms with van der Waals surface area (Å²) in [5, 5.41) is 9.74. The quantitative estimate of drug-likeness (QED) is 0.937. The first-order valence-electron chi connectivity index (χ1n) is 8.02. The molecule has 116 valence electrons. The lowest BCUT2D eigenvalue weighted by Gasteiger charge is -2.22. The summed E-state index contributed by atoms with van der Waals surface area (Å²) in [6.07, 6.45) is 9.03. The number of carbonyl (C=O) groups is 1. The van der Waals surface area contributed by atoms with Gasteiger partial charge in [0.1, 0.15) is 5.56 Å². The lowest BCUT2D eigenvalue weighted by atomic mass is 9.87. The van der Waals surface area contributed by atoms with Gasteiger partial charge in [-0.1, -0.05) is 44.2 Å². The van der Waals surface area contributed by atoms with Gasteiger partial charge in [-0.05, 0) is 24.5 Å². The Morgan fingerprint density at radius 3 is 2.64 bits per heavy atom. The molecule has 0 aliphatic heterocycles. The van der Waals surface area contributed by atoms with E-state index >= 15 is 0 Å². The lowest BCUT2D eigenvalue weighted by molar-refractivity contribution is 0.0695. The number of carboxylic acids is 1. The van der Waals surface area contributed by atoms with Gasteiger partial charge >= 0.3 is 5.97 Å². The molecule has 0 spiro atoms. The summed E-state index contributed by atoms with van der Waals surface area (Å²) in [5.41, 5.74) is 0.299. The number of hydrogen-bond donors (Lipinski definition) is 1. The van der Waals surface area contributed by atoms with E-state index in [0.29, 0.717) is 5.39 Å². The second kappa shape index (κ2) is 6.34. The van der Waals surface area contributed by atoms with Gasteiger partial charge in [-0.3, -0.25) is 4.79 Å². The Morgan fingerprint density at radius 2 is 1.91 bits per heavy atom. The van der Waals surface area contributed by atoms with Gasteiger partial charge in [-0.2, -0.15) is 0 Å². The molecule has 0 amide bonds. The van der Waals surface area contributed by atoms with Crippen molar-refractivity contribution in [3.63, 3.8) is 0 Å². The predicted molar refractivity (Wildman–Crippen MR) is 86.4 cm³/mol. The molecule has 1 aromatic carbocycles. The zero-order valence-corrected chi connectivity index (χ0v) is 12.6.